The first-order valence-electron chi connectivity index (χ1n) is 6.46. The molecule has 0 saturated carbocycles. The molecule has 0 aliphatic carbocycles. The number of hydrogen-bond acceptors (Lipinski definition) is 2. The van der Waals surface area contributed by atoms with Gasteiger partial charge in [0.2, 0.25) is 5.91 Å². The molecule has 20 heavy (non-hydrogen) atoms. The fourth-order valence-electron chi connectivity index (χ4n) is 2.45. The second-order valence-electron chi connectivity index (χ2n) is 4.86. The molecule has 1 aliphatic heterocycles. The minimum absolute atomic E-state index is 0.00551. The third kappa shape index (κ3) is 2.18. The molecule has 0 spiro atoms. The van der Waals surface area contributed by atoms with Crippen LogP contribution >= 0.6 is 0 Å². The second kappa shape index (κ2) is 5.06. The number of hydrogen-bond donors (Lipinski definition) is 1. The highest BCUT2D eigenvalue weighted by Gasteiger charge is 2.38. The maximum atomic E-state index is 12.9. The van der Waals surface area contributed by atoms with Crippen molar-refractivity contribution >= 4 is 11.6 Å². The first-order chi connectivity index (χ1) is 9.69. The molecular formula is C16H14FNO2. The standard InChI is InChI=1S/C16H14FNO2/c17-13-5-7-14(8-6-13)18-15(9-16(18)20)12-3-1-11(10-19)2-4-12/h1-8,15,19H,9-10H2. The molecule has 2 aromatic carbocycles. The van der Waals surface area contributed by atoms with E-state index >= 15 is 0 Å². The molecule has 4 heteroatoms. The lowest BCUT2D eigenvalue weighted by Gasteiger charge is -2.40. The first-order valence-corrected chi connectivity index (χ1v) is 6.46. The van der Waals surface area contributed by atoms with Crippen LogP contribution in [-0.2, 0) is 11.4 Å². The van der Waals surface area contributed by atoms with Gasteiger partial charge in [-0.2, -0.15) is 0 Å². The predicted molar refractivity (Wildman–Crippen MR) is 73.6 cm³/mol. The summed E-state index contributed by atoms with van der Waals surface area (Å²) in [6.45, 7) is 0.00551. The molecule has 3 nitrogen and oxygen atoms in total. The summed E-state index contributed by atoms with van der Waals surface area (Å²) >= 11 is 0. The summed E-state index contributed by atoms with van der Waals surface area (Å²) < 4.78 is 12.9. The Labute approximate surface area is 116 Å². The number of benzene rings is 2. The highest BCUT2D eigenvalue weighted by molar-refractivity contribution is 6.01. The van der Waals surface area contributed by atoms with E-state index in [1.807, 2.05) is 24.3 Å². The average Bonchev–Trinajstić information content (AvgIpc) is 2.47. The van der Waals surface area contributed by atoms with E-state index in [9.17, 15) is 9.18 Å². The summed E-state index contributed by atoms with van der Waals surface area (Å²) in [5, 5.41) is 9.04. The molecule has 1 aliphatic rings. The van der Waals surface area contributed by atoms with Gasteiger partial charge in [0.1, 0.15) is 5.82 Å². The molecule has 0 aromatic heterocycles. The minimum Gasteiger partial charge on any atom is -0.392 e. The van der Waals surface area contributed by atoms with E-state index in [4.69, 9.17) is 5.11 Å². The first kappa shape index (κ1) is 12.8. The monoisotopic (exact) mass is 271 g/mol. The number of carbonyl (C=O) groups excluding carboxylic acids is 1. The van der Waals surface area contributed by atoms with Crippen LogP contribution in [0.25, 0.3) is 0 Å². The van der Waals surface area contributed by atoms with Crippen molar-refractivity contribution < 1.29 is 14.3 Å². The SMILES string of the molecule is O=C1CC(c2ccc(CO)cc2)N1c1ccc(F)cc1. The summed E-state index contributed by atoms with van der Waals surface area (Å²) in [6.07, 6.45) is 0.454. The van der Waals surface area contributed by atoms with Gasteiger partial charge in [0.25, 0.3) is 0 Å². The number of aliphatic hydroxyl groups excluding tert-OH is 1. The zero-order valence-electron chi connectivity index (χ0n) is 10.8. The minimum atomic E-state index is -0.314. The van der Waals surface area contributed by atoms with Crippen LogP contribution in [0.15, 0.2) is 48.5 Å². The van der Waals surface area contributed by atoms with E-state index in [0.29, 0.717) is 12.1 Å². The van der Waals surface area contributed by atoms with Crippen molar-refractivity contribution in [3.05, 3.63) is 65.5 Å². The van der Waals surface area contributed by atoms with Crippen molar-refractivity contribution in [3.8, 4) is 0 Å². The number of amides is 1. The summed E-state index contributed by atoms with van der Waals surface area (Å²) in [5.74, 6) is -0.279. The third-order valence-electron chi connectivity index (χ3n) is 3.60. The van der Waals surface area contributed by atoms with Crippen LogP contribution < -0.4 is 4.90 Å². The normalized spacial score (nSPS) is 18.0. The Morgan fingerprint density at radius 2 is 1.75 bits per heavy atom. The van der Waals surface area contributed by atoms with Crippen molar-refractivity contribution in [2.24, 2.45) is 0 Å². The molecule has 1 saturated heterocycles. The van der Waals surface area contributed by atoms with E-state index < -0.39 is 0 Å². The molecule has 1 unspecified atom stereocenters. The molecule has 1 N–H and O–H groups in total. The van der Waals surface area contributed by atoms with E-state index in [0.717, 1.165) is 11.1 Å². The maximum Gasteiger partial charge on any atom is 0.230 e. The van der Waals surface area contributed by atoms with E-state index in [1.54, 1.807) is 17.0 Å². The fraction of sp³-hybridized carbons (Fsp3) is 0.188. The number of halogens is 1. The fourth-order valence-corrected chi connectivity index (χ4v) is 2.45. The predicted octanol–water partition coefficient (Wildman–Crippen LogP) is 2.80. The number of aliphatic hydroxyl groups is 1. The molecule has 1 atom stereocenters. The lowest BCUT2D eigenvalue weighted by molar-refractivity contribution is -0.124. The Morgan fingerprint density at radius 1 is 1.10 bits per heavy atom. The zero-order valence-corrected chi connectivity index (χ0v) is 10.8. The van der Waals surface area contributed by atoms with Gasteiger partial charge in [-0.25, -0.2) is 4.39 Å². The molecule has 2 aromatic rings. The number of rotatable bonds is 3. The Balaban J connectivity index is 1.86. The van der Waals surface area contributed by atoms with Crippen LogP contribution in [-0.4, -0.2) is 11.0 Å². The van der Waals surface area contributed by atoms with Gasteiger partial charge >= 0.3 is 0 Å². The van der Waals surface area contributed by atoms with Crippen molar-refractivity contribution in [1.82, 2.24) is 0 Å². The Morgan fingerprint density at radius 3 is 2.30 bits per heavy atom. The maximum absolute atomic E-state index is 12.9. The summed E-state index contributed by atoms with van der Waals surface area (Å²) in [4.78, 5) is 13.5. The van der Waals surface area contributed by atoms with Crippen LogP contribution in [0.2, 0.25) is 0 Å². The van der Waals surface area contributed by atoms with Crippen molar-refractivity contribution in [2.75, 3.05) is 4.90 Å². The van der Waals surface area contributed by atoms with E-state index in [2.05, 4.69) is 0 Å². The Bertz CT molecular complexity index is 622. The van der Waals surface area contributed by atoms with Gasteiger partial charge in [0, 0.05) is 5.69 Å². The van der Waals surface area contributed by atoms with Gasteiger partial charge in [-0.05, 0) is 35.4 Å². The van der Waals surface area contributed by atoms with Crippen LogP contribution in [0, 0.1) is 5.82 Å². The summed E-state index contributed by atoms with van der Waals surface area (Å²) in [5.41, 5.74) is 2.57. The highest BCUT2D eigenvalue weighted by Crippen LogP contribution is 2.38. The zero-order chi connectivity index (χ0) is 14.1. The second-order valence-corrected chi connectivity index (χ2v) is 4.86. The van der Waals surface area contributed by atoms with Crippen LogP contribution in [0.4, 0.5) is 10.1 Å². The van der Waals surface area contributed by atoms with Gasteiger partial charge in [0.05, 0.1) is 19.1 Å². The van der Waals surface area contributed by atoms with E-state index in [1.165, 1.54) is 12.1 Å². The van der Waals surface area contributed by atoms with Crippen molar-refractivity contribution in [1.29, 1.82) is 0 Å². The molecule has 1 heterocycles. The average molecular weight is 271 g/mol. The topological polar surface area (TPSA) is 40.5 Å². The van der Waals surface area contributed by atoms with Gasteiger partial charge in [-0.3, -0.25) is 4.79 Å². The van der Waals surface area contributed by atoms with Crippen LogP contribution in [0.5, 0.6) is 0 Å². The summed E-state index contributed by atoms with van der Waals surface area (Å²) in [7, 11) is 0. The molecule has 102 valence electrons. The summed E-state index contributed by atoms with van der Waals surface area (Å²) in [6, 6.07) is 13.4. The van der Waals surface area contributed by atoms with Crippen molar-refractivity contribution in [3.63, 3.8) is 0 Å². The lowest BCUT2D eigenvalue weighted by Crippen LogP contribution is -2.46. The molecule has 0 radical (unpaired) electrons. The number of anilines is 1. The molecule has 1 fully saturated rings. The number of carbonyl (C=O) groups is 1. The number of nitrogens with zero attached hydrogens (tertiary/aromatic N) is 1. The van der Waals surface area contributed by atoms with Crippen molar-refractivity contribution in [2.45, 2.75) is 19.1 Å². The largest absolute Gasteiger partial charge is 0.392 e. The third-order valence-corrected chi connectivity index (χ3v) is 3.60. The van der Waals surface area contributed by atoms with Crippen LogP contribution in [0.1, 0.15) is 23.6 Å². The smallest absolute Gasteiger partial charge is 0.230 e. The molecule has 3 rings (SSSR count). The highest BCUT2D eigenvalue weighted by atomic mass is 19.1. The Hall–Kier alpha value is -2.20. The van der Waals surface area contributed by atoms with Gasteiger partial charge < -0.3 is 10.0 Å². The van der Waals surface area contributed by atoms with Crippen LogP contribution in [0.3, 0.4) is 0 Å². The Kier molecular flexibility index (Phi) is 3.24. The molecule has 0 bridgehead atoms. The quantitative estimate of drug-likeness (QED) is 0.872. The van der Waals surface area contributed by atoms with Gasteiger partial charge in [-0.1, -0.05) is 24.3 Å². The van der Waals surface area contributed by atoms with Gasteiger partial charge in [-0.15, -0.1) is 0 Å². The lowest BCUT2D eigenvalue weighted by atomic mass is 9.92. The molecule has 1 amide bonds. The van der Waals surface area contributed by atoms with E-state index in [-0.39, 0.29) is 24.4 Å². The number of β-lactam (4-membered cyclic amide) rings is 1. The molecular weight excluding hydrogens is 257 g/mol. The van der Waals surface area contributed by atoms with Gasteiger partial charge in [0.15, 0.2) is 0 Å².